The van der Waals surface area contributed by atoms with Gasteiger partial charge in [-0.2, -0.15) is 0 Å². The van der Waals surface area contributed by atoms with Crippen LogP contribution in [0.25, 0.3) is 0 Å². The lowest BCUT2D eigenvalue weighted by Gasteiger charge is -2.13. The van der Waals surface area contributed by atoms with Gasteiger partial charge >= 0.3 is 5.97 Å². The maximum atomic E-state index is 11.4. The molecule has 4 unspecified atom stereocenters. The zero-order valence-electron chi connectivity index (χ0n) is 8.16. The standard InChI is InChI=1S/C10H16O3/c1-3-4-8-9-7(6(2)13-8)5-12-10(9)11/h6-9H,3-5H2,1-2H3. The SMILES string of the molecule is CCCC1OC(C)C2COC(=O)C12. The summed E-state index contributed by atoms with van der Waals surface area (Å²) in [6, 6.07) is 0. The van der Waals surface area contributed by atoms with Gasteiger partial charge in [0, 0.05) is 5.92 Å². The van der Waals surface area contributed by atoms with Crippen molar-refractivity contribution in [1.29, 1.82) is 0 Å². The van der Waals surface area contributed by atoms with Crippen LogP contribution in [0.5, 0.6) is 0 Å². The van der Waals surface area contributed by atoms with Gasteiger partial charge in [-0.3, -0.25) is 4.79 Å². The Morgan fingerprint density at radius 3 is 3.00 bits per heavy atom. The summed E-state index contributed by atoms with van der Waals surface area (Å²) in [4.78, 5) is 11.4. The molecule has 0 radical (unpaired) electrons. The van der Waals surface area contributed by atoms with Crippen molar-refractivity contribution in [2.45, 2.75) is 38.9 Å². The van der Waals surface area contributed by atoms with Crippen LogP contribution in [0.1, 0.15) is 26.7 Å². The first-order valence-corrected chi connectivity index (χ1v) is 5.06. The number of cyclic esters (lactones) is 1. The van der Waals surface area contributed by atoms with Crippen molar-refractivity contribution >= 4 is 5.97 Å². The Balaban J connectivity index is 2.10. The van der Waals surface area contributed by atoms with E-state index in [2.05, 4.69) is 6.92 Å². The molecule has 2 heterocycles. The third-order valence-electron chi connectivity index (χ3n) is 3.12. The quantitative estimate of drug-likeness (QED) is 0.608. The van der Waals surface area contributed by atoms with Crippen molar-refractivity contribution in [3.05, 3.63) is 0 Å². The Bertz CT molecular complexity index is 214. The zero-order chi connectivity index (χ0) is 9.42. The first kappa shape index (κ1) is 9.00. The number of hydrogen-bond acceptors (Lipinski definition) is 3. The molecule has 3 heteroatoms. The van der Waals surface area contributed by atoms with Gasteiger partial charge in [-0.1, -0.05) is 13.3 Å². The highest BCUT2D eigenvalue weighted by molar-refractivity contribution is 5.76. The van der Waals surface area contributed by atoms with Gasteiger partial charge in [0.05, 0.1) is 24.7 Å². The molecule has 0 aromatic heterocycles. The fraction of sp³-hybridized carbons (Fsp3) is 0.900. The van der Waals surface area contributed by atoms with Gasteiger partial charge in [-0.15, -0.1) is 0 Å². The number of carbonyl (C=O) groups excluding carboxylic acids is 1. The third-order valence-corrected chi connectivity index (χ3v) is 3.12. The highest BCUT2D eigenvalue weighted by Crippen LogP contribution is 2.39. The highest BCUT2D eigenvalue weighted by atomic mass is 16.6. The Morgan fingerprint density at radius 2 is 2.31 bits per heavy atom. The average Bonchev–Trinajstić information content (AvgIpc) is 2.58. The van der Waals surface area contributed by atoms with Gasteiger partial charge in [-0.25, -0.2) is 0 Å². The van der Waals surface area contributed by atoms with E-state index in [4.69, 9.17) is 9.47 Å². The van der Waals surface area contributed by atoms with E-state index >= 15 is 0 Å². The molecule has 0 aliphatic carbocycles. The summed E-state index contributed by atoms with van der Waals surface area (Å²) in [5.41, 5.74) is 0. The second-order valence-corrected chi connectivity index (χ2v) is 3.99. The zero-order valence-corrected chi connectivity index (χ0v) is 8.16. The van der Waals surface area contributed by atoms with Crippen LogP contribution in [-0.2, 0) is 14.3 Å². The molecule has 0 amide bonds. The van der Waals surface area contributed by atoms with E-state index in [-0.39, 0.29) is 24.1 Å². The number of carbonyl (C=O) groups is 1. The van der Waals surface area contributed by atoms with Crippen molar-refractivity contribution < 1.29 is 14.3 Å². The van der Waals surface area contributed by atoms with E-state index in [1.165, 1.54) is 0 Å². The molecular weight excluding hydrogens is 168 g/mol. The summed E-state index contributed by atoms with van der Waals surface area (Å²) in [5.74, 6) is 0.284. The average molecular weight is 184 g/mol. The number of rotatable bonds is 2. The van der Waals surface area contributed by atoms with Crippen LogP contribution in [-0.4, -0.2) is 24.8 Å². The minimum Gasteiger partial charge on any atom is -0.465 e. The van der Waals surface area contributed by atoms with E-state index in [0.717, 1.165) is 12.8 Å². The molecule has 0 aromatic rings. The van der Waals surface area contributed by atoms with Crippen molar-refractivity contribution in [1.82, 2.24) is 0 Å². The minimum atomic E-state index is -0.0483. The van der Waals surface area contributed by atoms with E-state index in [9.17, 15) is 4.79 Å². The number of ether oxygens (including phenoxy) is 2. The van der Waals surface area contributed by atoms with Crippen LogP contribution in [0, 0.1) is 11.8 Å². The molecule has 0 aromatic carbocycles. The maximum Gasteiger partial charge on any atom is 0.312 e. The molecular formula is C10H16O3. The van der Waals surface area contributed by atoms with Crippen LogP contribution in [0.2, 0.25) is 0 Å². The molecule has 0 spiro atoms. The monoisotopic (exact) mass is 184 g/mol. The summed E-state index contributed by atoms with van der Waals surface area (Å²) >= 11 is 0. The smallest absolute Gasteiger partial charge is 0.312 e. The first-order chi connectivity index (χ1) is 6.24. The Kier molecular flexibility index (Phi) is 2.28. The largest absolute Gasteiger partial charge is 0.465 e. The predicted molar refractivity (Wildman–Crippen MR) is 47.2 cm³/mol. The minimum absolute atomic E-state index is 0.0231. The normalized spacial score (nSPS) is 43.4. The Morgan fingerprint density at radius 1 is 1.54 bits per heavy atom. The molecule has 0 saturated carbocycles. The number of hydrogen-bond donors (Lipinski definition) is 0. The predicted octanol–water partition coefficient (Wildman–Crippen LogP) is 1.36. The lowest BCUT2D eigenvalue weighted by atomic mass is 9.89. The second-order valence-electron chi connectivity index (χ2n) is 3.99. The summed E-state index contributed by atoms with van der Waals surface area (Å²) in [5, 5.41) is 0. The van der Waals surface area contributed by atoms with Crippen LogP contribution in [0.15, 0.2) is 0 Å². The molecule has 2 fully saturated rings. The van der Waals surface area contributed by atoms with Gasteiger partial charge in [0.1, 0.15) is 0 Å². The van der Waals surface area contributed by atoms with E-state index < -0.39 is 0 Å². The fourth-order valence-corrected chi connectivity index (χ4v) is 2.40. The van der Waals surface area contributed by atoms with E-state index in [1.54, 1.807) is 0 Å². The molecule has 2 saturated heterocycles. The first-order valence-electron chi connectivity index (χ1n) is 5.06. The fourth-order valence-electron chi connectivity index (χ4n) is 2.40. The topological polar surface area (TPSA) is 35.5 Å². The van der Waals surface area contributed by atoms with Gasteiger partial charge < -0.3 is 9.47 Å². The molecule has 4 atom stereocenters. The number of fused-ring (bicyclic) bond motifs is 1. The molecule has 0 bridgehead atoms. The molecule has 74 valence electrons. The van der Waals surface area contributed by atoms with Crippen LogP contribution >= 0.6 is 0 Å². The lowest BCUT2D eigenvalue weighted by Crippen LogP contribution is -2.23. The summed E-state index contributed by atoms with van der Waals surface area (Å²) in [7, 11) is 0. The van der Waals surface area contributed by atoms with E-state index in [0.29, 0.717) is 12.5 Å². The highest BCUT2D eigenvalue weighted by Gasteiger charge is 2.51. The molecule has 2 aliphatic heterocycles. The lowest BCUT2D eigenvalue weighted by molar-refractivity contribution is -0.144. The van der Waals surface area contributed by atoms with Crippen LogP contribution < -0.4 is 0 Å². The van der Waals surface area contributed by atoms with Crippen molar-refractivity contribution in [3.8, 4) is 0 Å². The second kappa shape index (κ2) is 3.29. The molecule has 3 nitrogen and oxygen atoms in total. The van der Waals surface area contributed by atoms with Crippen LogP contribution in [0.3, 0.4) is 0 Å². The van der Waals surface area contributed by atoms with Gasteiger partial charge in [0.15, 0.2) is 0 Å². The van der Waals surface area contributed by atoms with Crippen molar-refractivity contribution in [2.24, 2.45) is 11.8 Å². The van der Waals surface area contributed by atoms with Gasteiger partial charge in [-0.05, 0) is 13.3 Å². The molecule has 2 aliphatic rings. The summed E-state index contributed by atoms with van der Waals surface area (Å²) in [6.07, 6.45) is 2.34. The third kappa shape index (κ3) is 1.35. The summed E-state index contributed by atoms with van der Waals surface area (Å²) < 4.78 is 10.8. The van der Waals surface area contributed by atoms with Crippen molar-refractivity contribution in [3.63, 3.8) is 0 Å². The van der Waals surface area contributed by atoms with Crippen molar-refractivity contribution in [2.75, 3.05) is 6.61 Å². The van der Waals surface area contributed by atoms with E-state index in [1.807, 2.05) is 6.92 Å². The maximum absolute atomic E-state index is 11.4. The Labute approximate surface area is 78.4 Å². The molecule has 13 heavy (non-hydrogen) atoms. The van der Waals surface area contributed by atoms with Gasteiger partial charge in [0.25, 0.3) is 0 Å². The van der Waals surface area contributed by atoms with Gasteiger partial charge in [0.2, 0.25) is 0 Å². The molecule has 0 N–H and O–H groups in total. The number of esters is 1. The summed E-state index contributed by atoms with van der Waals surface area (Å²) in [6.45, 7) is 4.71. The Hall–Kier alpha value is -0.570. The molecule has 2 rings (SSSR count). The van der Waals surface area contributed by atoms with Crippen LogP contribution in [0.4, 0.5) is 0 Å².